The molecule has 1 aromatic carbocycles. The first kappa shape index (κ1) is 18.6. The van der Waals surface area contributed by atoms with E-state index in [9.17, 15) is 9.18 Å². The van der Waals surface area contributed by atoms with Gasteiger partial charge in [-0.15, -0.1) is 0 Å². The molecule has 6 heteroatoms. The number of fused-ring (bicyclic) bond motifs is 1. The first-order chi connectivity index (χ1) is 13.7. The zero-order valence-electron chi connectivity index (χ0n) is 16.0. The van der Waals surface area contributed by atoms with E-state index in [4.69, 9.17) is 0 Å². The summed E-state index contributed by atoms with van der Waals surface area (Å²) in [4.78, 5) is 17.3. The Kier molecular flexibility index (Phi) is 5.39. The molecule has 1 atom stereocenters. The van der Waals surface area contributed by atoms with Gasteiger partial charge in [-0.3, -0.25) is 9.78 Å². The van der Waals surface area contributed by atoms with Gasteiger partial charge in [-0.05, 0) is 56.6 Å². The Morgan fingerprint density at radius 3 is 2.75 bits per heavy atom. The number of amides is 1. The molecule has 1 aliphatic heterocycles. The van der Waals surface area contributed by atoms with E-state index < -0.39 is 0 Å². The van der Waals surface area contributed by atoms with Crippen LogP contribution in [0.25, 0.3) is 10.9 Å². The number of aromatic nitrogens is 2. The van der Waals surface area contributed by atoms with Crippen molar-refractivity contribution in [2.75, 3.05) is 13.1 Å². The Balaban J connectivity index is 1.75. The van der Waals surface area contributed by atoms with Gasteiger partial charge in [0.05, 0.1) is 17.8 Å². The van der Waals surface area contributed by atoms with Crippen LogP contribution in [0.15, 0.2) is 48.9 Å². The number of hydrogen-bond donors (Lipinski definition) is 2. The van der Waals surface area contributed by atoms with Gasteiger partial charge >= 0.3 is 0 Å². The minimum absolute atomic E-state index is 0.00499. The molecule has 0 saturated carbocycles. The summed E-state index contributed by atoms with van der Waals surface area (Å²) in [6, 6.07) is 8.03. The van der Waals surface area contributed by atoms with Crippen molar-refractivity contribution in [1.29, 1.82) is 0 Å². The molecule has 5 nitrogen and oxygen atoms in total. The lowest BCUT2D eigenvalue weighted by Crippen LogP contribution is -2.40. The maximum atomic E-state index is 13.5. The molecule has 1 fully saturated rings. The van der Waals surface area contributed by atoms with Crippen molar-refractivity contribution < 1.29 is 9.18 Å². The number of nitrogens with zero attached hydrogens (tertiary/aromatic N) is 2. The predicted octanol–water partition coefficient (Wildman–Crippen LogP) is 3.40. The molecule has 2 aromatic heterocycles. The van der Waals surface area contributed by atoms with E-state index in [-0.39, 0.29) is 23.7 Å². The van der Waals surface area contributed by atoms with Crippen LogP contribution in [-0.2, 0) is 11.3 Å². The van der Waals surface area contributed by atoms with Gasteiger partial charge in [0, 0.05) is 35.8 Å². The molecule has 4 rings (SSSR count). The molecular formula is C22H25FN4O. The maximum absolute atomic E-state index is 13.5. The van der Waals surface area contributed by atoms with Gasteiger partial charge < -0.3 is 15.2 Å². The summed E-state index contributed by atoms with van der Waals surface area (Å²) < 4.78 is 15.6. The second-order valence-electron chi connectivity index (χ2n) is 7.28. The lowest BCUT2D eigenvalue weighted by atomic mass is 9.94. The summed E-state index contributed by atoms with van der Waals surface area (Å²) in [6.07, 6.45) is 7.36. The number of aryl methyl sites for hydroxylation is 1. The van der Waals surface area contributed by atoms with Crippen LogP contribution in [0.5, 0.6) is 0 Å². The lowest BCUT2D eigenvalue weighted by molar-refractivity contribution is -0.126. The van der Waals surface area contributed by atoms with Crippen molar-refractivity contribution in [3.05, 3.63) is 65.9 Å². The smallest absolute Gasteiger partial charge is 0.223 e. The standard InChI is InChI=1S/C22H25FN4O/c1-2-27-14-19(18-9-12-25-13-20(18)27)21(15-3-5-17(23)6-4-15)26-22(28)16-7-10-24-11-8-16/h3-6,9,12-14,16,21,24H,2,7-8,10-11H2,1H3,(H,26,28)/t21-/m1/s1. The van der Waals surface area contributed by atoms with Gasteiger partial charge in [-0.25, -0.2) is 4.39 Å². The Morgan fingerprint density at radius 1 is 1.29 bits per heavy atom. The highest BCUT2D eigenvalue weighted by Crippen LogP contribution is 2.31. The molecule has 2 N–H and O–H groups in total. The Morgan fingerprint density at radius 2 is 2.04 bits per heavy atom. The Bertz CT molecular complexity index is 960. The van der Waals surface area contributed by atoms with Crippen LogP contribution < -0.4 is 10.6 Å². The van der Waals surface area contributed by atoms with Crippen LogP contribution in [0.1, 0.15) is 36.9 Å². The lowest BCUT2D eigenvalue weighted by Gasteiger charge is -2.26. The monoisotopic (exact) mass is 380 g/mol. The summed E-state index contributed by atoms with van der Waals surface area (Å²) in [7, 11) is 0. The molecule has 0 aliphatic carbocycles. The van der Waals surface area contributed by atoms with Gasteiger partial charge in [0.1, 0.15) is 5.82 Å². The van der Waals surface area contributed by atoms with Crippen molar-refractivity contribution in [3.63, 3.8) is 0 Å². The number of carbonyl (C=O) groups excluding carboxylic acids is 1. The van der Waals surface area contributed by atoms with Crippen molar-refractivity contribution in [2.45, 2.75) is 32.4 Å². The van der Waals surface area contributed by atoms with Crippen LogP contribution >= 0.6 is 0 Å². The summed E-state index contributed by atoms with van der Waals surface area (Å²) >= 11 is 0. The molecule has 0 radical (unpaired) electrons. The summed E-state index contributed by atoms with van der Waals surface area (Å²) in [6.45, 7) is 4.61. The summed E-state index contributed by atoms with van der Waals surface area (Å²) in [5.74, 6) is -0.222. The van der Waals surface area contributed by atoms with Crippen LogP contribution in [-0.4, -0.2) is 28.5 Å². The number of halogens is 1. The number of piperidine rings is 1. The summed E-state index contributed by atoms with van der Waals surface area (Å²) in [5.41, 5.74) is 2.91. The van der Waals surface area contributed by atoms with Crippen molar-refractivity contribution in [2.24, 2.45) is 5.92 Å². The number of rotatable bonds is 5. The van der Waals surface area contributed by atoms with Crippen molar-refractivity contribution in [3.8, 4) is 0 Å². The van der Waals surface area contributed by atoms with Crippen molar-refractivity contribution in [1.82, 2.24) is 20.2 Å². The summed E-state index contributed by atoms with van der Waals surface area (Å²) in [5, 5.41) is 7.59. The quantitative estimate of drug-likeness (QED) is 0.713. The molecule has 28 heavy (non-hydrogen) atoms. The largest absolute Gasteiger partial charge is 0.346 e. The van der Waals surface area contributed by atoms with E-state index >= 15 is 0 Å². The molecule has 1 saturated heterocycles. The molecule has 0 unspecified atom stereocenters. The number of benzene rings is 1. The third-order valence-electron chi connectivity index (χ3n) is 5.57. The average Bonchev–Trinajstić information content (AvgIpc) is 3.12. The fourth-order valence-corrected chi connectivity index (χ4v) is 4.00. The first-order valence-corrected chi connectivity index (χ1v) is 9.86. The minimum atomic E-state index is -0.333. The highest BCUT2D eigenvalue weighted by atomic mass is 19.1. The molecule has 0 spiro atoms. The number of nitrogens with one attached hydrogen (secondary N) is 2. The fraction of sp³-hybridized carbons (Fsp3) is 0.364. The second kappa shape index (κ2) is 8.10. The van der Waals surface area contributed by atoms with E-state index in [2.05, 4.69) is 33.3 Å². The molecular weight excluding hydrogens is 355 g/mol. The second-order valence-corrected chi connectivity index (χ2v) is 7.28. The van der Waals surface area contributed by atoms with Crippen LogP contribution in [0, 0.1) is 11.7 Å². The van der Waals surface area contributed by atoms with E-state index in [0.717, 1.165) is 54.5 Å². The third-order valence-corrected chi connectivity index (χ3v) is 5.57. The Hall–Kier alpha value is -2.73. The van der Waals surface area contributed by atoms with Crippen LogP contribution in [0.3, 0.4) is 0 Å². The van der Waals surface area contributed by atoms with E-state index in [1.54, 1.807) is 18.3 Å². The molecule has 0 bridgehead atoms. The van der Waals surface area contributed by atoms with E-state index in [0.29, 0.717) is 0 Å². The highest BCUT2D eigenvalue weighted by Gasteiger charge is 2.26. The molecule has 1 aliphatic rings. The van der Waals surface area contributed by atoms with Crippen LogP contribution in [0.4, 0.5) is 4.39 Å². The van der Waals surface area contributed by atoms with Gasteiger partial charge in [0.2, 0.25) is 5.91 Å². The van der Waals surface area contributed by atoms with Crippen molar-refractivity contribution >= 4 is 16.8 Å². The Labute approximate surface area is 164 Å². The van der Waals surface area contributed by atoms with Gasteiger partial charge in [0.15, 0.2) is 0 Å². The van der Waals surface area contributed by atoms with E-state index in [1.165, 1.54) is 12.1 Å². The topological polar surface area (TPSA) is 59.0 Å². The number of pyridine rings is 1. The fourth-order valence-electron chi connectivity index (χ4n) is 4.00. The van der Waals surface area contributed by atoms with Gasteiger partial charge in [-0.2, -0.15) is 0 Å². The highest BCUT2D eigenvalue weighted by molar-refractivity contribution is 5.86. The minimum Gasteiger partial charge on any atom is -0.346 e. The maximum Gasteiger partial charge on any atom is 0.223 e. The first-order valence-electron chi connectivity index (χ1n) is 9.86. The molecule has 146 valence electrons. The molecule has 3 heterocycles. The normalized spacial score (nSPS) is 16.2. The number of hydrogen-bond acceptors (Lipinski definition) is 3. The third kappa shape index (κ3) is 3.64. The molecule has 3 aromatic rings. The van der Waals surface area contributed by atoms with E-state index in [1.807, 2.05) is 12.3 Å². The molecule has 1 amide bonds. The predicted molar refractivity (Wildman–Crippen MR) is 107 cm³/mol. The average molecular weight is 380 g/mol. The van der Waals surface area contributed by atoms with Gasteiger partial charge in [0.25, 0.3) is 0 Å². The van der Waals surface area contributed by atoms with Crippen LogP contribution in [0.2, 0.25) is 0 Å². The number of carbonyl (C=O) groups is 1. The zero-order chi connectivity index (χ0) is 19.5. The van der Waals surface area contributed by atoms with Gasteiger partial charge in [-0.1, -0.05) is 12.1 Å². The SMILES string of the molecule is CCn1cc([C@H](NC(=O)C2CCNCC2)c2ccc(F)cc2)c2ccncc21. The zero-order valence-corrected chi connectivity index (χ0v) is 16.0.